The van der Waals surface area contributed by atoms with Gasteiger partial charge < -0.3 is 14.3 Å². The molecule has 4 rings (SSSR count). The first-order valence-corrected chi connectivity index (χ1v) is 11.5. The minimum absolute atomic E-state index is 0.116. The summed E-state index contributed by atoms with van der Waals surface area (Å²) in [5.41, 5.74) is 1.24. The molecule has 3 aromatic rings. The molecule has 0 spiro atoms. The molecule has 11 heteroatoms. The van der Waals surface area contributed by atoms with E-state index in [1.165, 1.54) is 26.2 Å². The Kier molecular flexibility index (Phi) is 5.94. The molecule has 0 N–H and O–H groups in total. The fourth-order valence-corrected chi connectivity index (χ4v) is 4.33. The average Bonchev–Trinajstić information content (AvgIpc) is 3.25. The zero-order valence-corrected chi connectivity index (χ0v) is 18.9. The maximum Gasteiger partial charge on any atom is 0.253 e. The summed E-state index contributed by atoms with van der Waals surface area (Å²) in [4.78, 5) is 25.6. The number of hydrogen-bond donors (Lipinski definition) is 0. The van der Waals surface area contributed by atoms with Crippen LogP contribution in [0.4, 0.5) is 5.82 Å². The number of hydrogen-bond acceptors (Lipinski definition) is 8. The van der Waals surface area contributed by atoms with Crippen LogP contribution in [-0.4, -0.2) is 78.9 Å². The van der Waals surface area contributed by atoms with Crippen molar-refractivity contribution in [3.05, 3.63) is 54.0 Å². The van der Waals surface area contributed by atoms with E-state index in [9.17, 15) is 13.2 Å². The molecule has 0 bridgehead atoms. The Morgan fingerprint density at radius 2 is 1.72 bits per heavy atom. The van der Waals surface area contributed by atoms with E-state index in [4.69, 9.17) is 4.52 Å². The fraction of sp³-hybridized carbons (Fsp3) is 0.333. The number of amides is 1. The van der Waals surface area contributed by atoms with Gasteiger partial charge in [-0.1, -0.05) is 5.16 Å². The molecule has 3 heterocycles. The van der Waals surface area contributed by atoms with E-state index in [1.807, 2.05) is 12.1 Å². The molecular formula is C21H24N6O4S. The fourth-order valence-electron chi connectivity index (χ4n) is 3.42. The van der Waals surface area contributed by atoms with Gasteiger partial charge in [0.15, 0.2) is 0 Å². The summed E-state index contributed by atoms with van der Waals surface area (Å²) in [6.07, 6.45) is 1.71. The lowest BCUT2D eigenvalue weighted by Gasteiger charge is -2.35. The van der Waals surface area contributed by atoms with Crippen LogP contribution in [0, 0.1) is 6.92 Å². The number of aryl methyl sites for hydroxylation is 1. The number of nitrogens with zero attached hydrogens (tertiary/aromatic N) is 6. The highest BCUT2D eigenvalue weighted by molar-refractivity contribution is 7.89. The van der Waals surface area contributed by atoms with Gasteiger partial charge in [0, 0.05) is 64.5 Å². The topological polar surface area (TPSA) is 113 Å². The van der Waals surface area contributed by atoms with Crippen molar-refractivity contribution in [2.45, 2.75) is 11.8 Å². The average molecular weight is 457 g/mol. The van der Waals surface area contributed by atoms with Crippen molar-refractivity contribution in [1.29, 1.82) is 0 Å². The number of benzene rings is 1. The Labute approximate surface area is 186 Å². The highest BCUT2D eigenvalue weighted by Gasteiger charge is 2.24. The quantitative estimate of drug-likeness (QED) is 0.570. The van der Waals surface area contributed by atoms with Gasteiger partial charge in [0.2, 0.25) is 21.7 Å². The third kappa shape index (κ3) is 4.34. The van der Waals surface area contributed by atoms with Gasteiger partial charge in [-0.15, -0.1) is 0 Å². The molecule has 168 valence electrons. The van der Waals surface area contributed by atoms with Gasteiger partial charge in [-0.3, -0.25) is 4.79 Å². The van der Waals surface area contributed by atoms with E-state index < -0.39 is 10.0 Å². The van der Waals surface area contributed by atoms with Crippen LogP contribution < -0.4 is 4.90 Å². The minimum Gasteiger partial charge on any atom is -0.353 e. The summed E-state index contributed by atoms with van der Waals surface area (Å²) < 4.78 is 30.5. The van der Waals surface area contributed by atoms with Crippen molar-refractivity contribution in [1.82, 2.24) is 24.3 Å². The second-order valence-corrected chi connectivity index (χ2v) is 9.78. The summed E-state index contributed by atoms with van der Waals surface area (Å²) in [6, 6.07) is 9.86. The summed E-state index contributed by atoms with van der Waals surface area (Å²) in [6.45, 7) is 4.12. The molecule has 1 fully saturated rings. The minimum atomic E-state index is -3.52. The molecule has 0 aliphatic carbocycles. The van der Waals surface area contributed by atoms with Crippen LogP contribution in [0.3, 0.4) is 0 Å². The SMILES string of the molecule is Cc1nc(-c2ccc(N3CCN(C(=O)c4ccc(S(=O)(=O)N(C)C)cc4)CC3)nc2)no1. The van der Waals surface area contributed by atoms with Crippen molar-refractivity contribution in [3.8, 4) is 11.4 Å². The van der Waals surface area contributed by atoms with Gasteiger partial charge in [0.1, 0.15) is 5.82 Å². The maximum atomic E-state index is 12.9. The number of aromatic nitrogens is 3. The van der Waals surface area contributed by atoms with E-state index in [2.05, 4.69) is 20.0 Å². The lowest BCUT2D eigenvalue weighted by molar-refractivity contribution is 0.0746. The zero-order valence-electron chi connectivity index (χ0n) is 18.1. The summed E-state index contributed by atoms with van der Waals surface area (Å²) >= 11 is 0. The van der Waals surface area contributed by atoms with Crippen LogP contribution in [0.5, 0.6) is 0 Å². The third-order valence-corrected chi connectivity index (χ3v) is 7.13. The van der Waals surface area contributed by atoms with E-state index in [1.54, 1.807) is 30.2 Å². The van der Waals surface area contributed by atoms with Gasteiger partial charge in [-0.25, -0.2) is 17.7 Å². The second kappa shape index (κ2) is 8.67. The smallest absolute Gasteiger partial charge is 0.253 e. The molecule has 10 nitrogen and oxygen atoms in total. The highest BCUT2D eigenvalue weighted by Crippen LogP contribution is 2.20. The number of piperazine rings is 1. The van der Waals surface area contributed by atoms with Crippen LogP contribution in [0.25, 0.3) is 11.4 Å². The number of pyridine rings is 1. The lowest BCUT2D eigenvalue weighted by atomic mass is 10.2. The molecular weight excluding hydrogens is 432 g/mol. The Morgan fingerprint density at radius 3 is 2.25 bits per heavy atom. The Morgan fingerprint density at radius 1 is 1.03 bits per heavy atom. The predicted molar refractivity (Wildman–Crippen MR) is 118 cm³/mol. The van der Waals surface area contributed by atoms with Crippen molar-refractivity contribution in [3.63, 3.8) is 0 Å². The van der Waals surface area contributed by atoms with Crippen LogP contribution >= 0.6 is 0 Å². The van der Waals surface area contributed by atoms with Crippen LogP contribution in [0.2, 0.25) is 0 Å². The normalized spacial score (nSPS) is 14.8. The van der Waals surface area contributed by atoms with E-state index in [0.29, 0.717) is 43.5 Å². The number of rotatable bonds is 5. The van der Waals surface area contributed by atoms with E-state index in [-0.39, 0.29) is 10.8 Å². The van der Waals surface area contributed by atoms with Crippen molar-refractivity contribution in [2.24, 2.45) is 0 Å². The molecule has 0 radical (unpaired) electrons. The Balaban J connectivity index is 1.37. The van der Waals surface area contributed by atoms with Gasteiger partial charge in [-0.05, 0) is 36.4 Å². The molecule has 1 aliphatic heterocycles. The number of sulfonamides is 1. The first kappa shape index (κ1) is 21.9. The van der Waals surface area contributed by atoms with E-state index in [0.717, 1.165) is 15.7 Å². The number of anilines is 1. The molecule has 0 unspecified atom stereocenters. The summed E-state index contributed by atoms with van der Waals surface area (Å²) in [5, 5.41) is 3.89. The number of carbonyl (C=O) groups is 1. The first-order valence-electron chi connectivity index (χ1n) is 10.1. The van der Waals surface area contributed by atoms with Crippen LogP contribution in [-0.2, 0) is 10.0 Å². The zero-order chi connectivity index (χ0) is 22.9. The molecule has 1 aliphatic rings. The predicted octanol–water partition coefficient (Wildman–Crippen LogP) is 1.65. The van der Waals surface area contributed by atoms with Gasteiger partial charge in [0.25, 0.3) is 5.91 Å². The van der Waals surface area contributed by atoms with Crippen molar-refractivity contribution < 1.29 is 17.7 Å². The maximum absolute atomic E-state index is 12.9. The molecule has 2 aromatic heterocycles. The molecule has 1 saturated heterocycles. The van der Waals surface area contributed by atoms with Crippen LogP contribution in [0.15, 0.2) is 52.0 Å². The van der Waals surface area contributed by atoms with Gasteiger partial charge in [0.05, 0.1) is 4.90 Å². The standard InChI is InChI=1S/C21H24N6O4S/c1-15-23-20(24-31-15)17-6-9-19(22-14-17)26-10-12-27(13-11-26)21(28)16-4-7-18(8-5-16)32(29,30)25(2)3/h4-9,14H,10-13H2,1-3H3. The molecule has 32 heavy (non-hydrogen) atoms. The van der Waals surface area contributed by atoms with Crippen molar-refractivity contribution >= 4 is 21.7 Å². The van der Waals surface area contributed by atoms with Gasteiger partial charge >= 0.3 is 0 Å². The van der Waals surface area contributed by atoms with E-state index >= 15 is 0 Å². The van der Waals surface area contributed by atoms with Crippen LogP contribution in [0.1, 0.15) is 16.2 Å². The molecule has 0 atom stereocenters. The summed E-state index contributed by atoms with van der Waals surface area (Å²) in [5.74, 6) is 1.70. The first-order chi connectivity index (χ1) is 15.3. The Bertz CT molecular complexity index is 1200. The third-order valence-electron chi connectivity index (χ3n) is 5.30. The monoisotopic (exact) mass is 456 g/mol. The summed E-state index contributed by atoms with van der Waals surface area (Å²) in [7, 11) is -0.571. The highest BCUT2D eigenvalue weighted by atomic mass is 32.2. The number of carbonyl (C=O) groups excluding carboxylic acids is 1. The second-order valence-electron chi connectivity index (χ2n) is 7.63. The lowest BCUT2D eigenvalue weighted by Crippen LogP contribution is -2.49. The molecule has 1 aromatic carbocycles. The van der Waals surface area contributed by atoms with Gasteiger partial charge in [-0.2, -0.15) is 4.98 Å². The van der Waals surface area contributed by atoms with Crippen molar-refractivity contribution in [2.75, 3.05) is 45.2 Å². The Hall–Kier alpha value is -3.31. The molecule has 0 saturated carbocycles. The molecule has 1 amide bonds. The largest absolute Gasteiger partial charge is 0.353 e.